The number of ether oxygens (including phenoxy) is 5. The Morgan fingerprint density at radius 1 is 0.623 bits per heavy atom. The van der Waals surface area contributed by atoms with Gasteiger partial charge in [-0.2, -0.15) is 4.98 Å². The number of nitrogens with two attached hydrogens (primary N) is 1. The summed E-state index contributed by atoms with van der Waals surface area (Å²) in [6.07, 6.45) is -7.33. The molecule has 5 aromatic rings. The highest BCUT2D eigenvalue weighted by Crippen LogP contribution is 2.38. The monoisotopic (exact) mass is 719 g/mol. The van der Waals surface area contributed by atoms with Crippen molar-refractivity contribution in [3.8, 4) is 0 Å². The van der Waals surface area contributed by atoms with Gasteiger partial charge in [-0.3, -0.25) is 0 Å². The standard InChI is InChI=1S/C40H37N3O10/c1-24(2)30(41)36-42-35(43-53-36)34-33(52-40(47)28-21-13-6-14-22-28)32(51-39(46)27-19-11-5-12-20-27)31(50-38(45)26-17-9-4-10-18-26)29(49-34)23-48-37(44)25-15-7-3-8-16-25/h3-22,24,29-34H,23,41H2,1-2H3/t29-,30+,31-,32+,33-,34-/m1/s1. The summed E-state index contributed by atoms with van der Waals surface area (Å²) in [5.74, 6) is -3.25. The fraction of sp³-hybridized carbons (Fsp3) is 0.250. The summed E-state index contributed by atoms with van der Waals surface area (Å²) in [5.41, 5.74) is 7.08. The van der Waals surface area contributed by atoms with E-state index in [2.05, 4.69) is 10.1 Å². The SMILES string of the molecule is CC(C)[C@H](N)c1nc([C@@H]2O[C@H](COC(=O)c3ccccc3)[C@@H](OC(=O)c3ccccc3)[C@H](OC(=O)c3ccccc3)[C@H]2OC(=O)c2ccccc2)no1. The summed E-state index contributed by atoms with van der Waals surface area (Å²) >= 11 is 0. The van der Waals surface area contributed by atoms with Crippen LogP contribution in [0.4, 0.5) is 0 Å². The van der Waals surface area contributed by atoms with Crippen LogP contribution in [0.2, 0.25) is 0 Å². The van der Waals surface area contributed by atoms with Gasteiger partial charge < -0.3 is 33.9 Å². The van der Waals surface area contributed by atoms with Crippen LogP contribution in [0.15, 0.2) is 126 Å². The lowest BCUT2D eigenvalue weighted by atomic mass is 9.93. The first-order chi connectivity index (χ1) is 25.7. The van der Waals surface area contributed by atoms with E-state index in [1.807, 2.05) is 13.8 Å². The number of carbonyl (C=O) groups excluding carboxylic acids is 4. The zero-order valence-electron chi connectivity index (χ0n) is 28.8. The Bertz CT molecular complexity index is 1990. The van der Waals surface area contributed by atoms with Crippen molar-refractivity contribution in [3.63, 3.8) is 0 Å². The van der Waals surface area contributed by atoms with Crippen molar-refractivity contribution in [1.29, 1.82) is 0 Å². The van der Waals surface area contributed by atoms with Gasteiger partial charge in [0.2, 0.25) is 11.7 Å². The number of hydrogen-bond acceptors (Lipinski definition) is 13. The molecule has 0 spiro atoms. The Morgan fingerprint density at radius 3 is 1.49 bits per heavy atom. The summed E-state index contributed by atoms with van der Waals surface area (Å²) in [7, 11) is 0. The largest absolute Gasteiger partial charge is 0.459 e. The van der Waals surface area contributed by atoms with Gasteiger partial charge >= 0.3 is 23.9 Å². The molecule has 4 aromatic carbocycles. The predicted molar refractivity (Wildman–Crippen MR) is 187 cm³/mol. The number of hydrogen-bond donors (Lipinski definition) is 1. The quantitative estimate of drug-likeness (QED) is 0.123. The average Bonchev–Trinajstić information content (AvgIpc) is 3.69. The molecular weight excluding hydrogens is 682 g/mol. The van der Waals surface area contributed by atoms with Gasteiger partial charge in [-0.15, -0.1) is 0 Å². The highest BCUT2D eigenvalue weighted by molar-refractivity contribution is 5.91. The lowest BCUT2D eigenvalue weighted by Crippen LogP contribution is -2.60. The molecule has 13 heteroatoms. The Kier molecular flexibility index (Phi) is 11.7. The van der Waals surface area contributed by atoms with Crippen LogP contribution in [0.3, 0.4) is 0 Å². The minimum atomic E-state index is -1.57. The molecule has 6 atom stereocenters. The van der Waals surface area contributed by atoms with Crippen molar-refractivity contribution < 1.29 is 47.4 Å². The molecule has 0 saturated carbocycles. The summed E-state index contributed by atoms with van der Waals surface area (Å²) in [5, 5.41) is 4.12. The molecule has 0 unspecified atom stereocenters. The van der Waals surface area contributed by atoms with Gasteiger partial charge in [0, 0.05) is 0 Å². The van der Waals surface area contributed by atoms with Crippen molar-refractivity contribution in [2.45, 2.75) is 50.4 Å². The van der Waals surface area contributed by atoms with Crippen LogP contribution >= 0.6 is 0 Å². The van der Waals surface area contributed by atoms with E-state index in [0.717, 1.165) is 0 Å². The fourth-order valence-electron chi connectivity index (χ4n) is 5.56. The first-order valence-corrected chi connectivity index (χ1v) is 16.9. The van der Waals surface area contributed by atoms with E-state index in [1.165, 1.54) is 24.3 Å². The molecule has 0 aliphatic carbocycles. The lowest BCUT2D eigenvalue weighted by Gasteiger charge is -2.43. The predicted octanol–water partition coefficient (Wildman–Crippen LogP) is 5.70. The van der Waals surface area contributed by atoms with Crippen LogP contribution < -0.4 is 5.73 Å². The van der Waals surface area contributed by atoms with E-state index in [-0.39, 0.29) is 39.9 Å². The number of carbonyl (C=O) groups is 4. The van der Waals surface area contributed by atoms with Crippen LogP contribution in [0, 0.1) is 5.92 Å². The second-order valence-corrected chi connectivity index (χ2v) is 12.5. The summed E-state index contributed by atoms with van der Waals surface area (Å²) in [6, 6.07) is 31.9. The summed E-state index contributed by atoms with van der Waals surface area (Å²) < 4.78 is 35.9. The van der Waals surface area contributed by atoms with Crippen molar-refractivity contribution >= 4 is 23.9 Å². The van der Waals surface area contributed by atoms with Crippen LogP contribution in [-0.2, 0) is 23.7 Å². The molecule has 0 radical (unpaired) electrons. The Balaban J connectivity index is 1.45. The molecule has 272 valence electrons. The summed E-state index contributed by atoms with van der Waals surface area (Å²) in [4.78, 5) is 58.8. The molecular formula is C40H37N3O10. The lowest BCUT2D eigenvalue weighted by molar-refractivity contribution is -0.233. The van der Waals surface area contributed by atoms with Crippen molar-refractivity contribution in [2.24, 2.45) is 11.7 Å². The zero-order chi connectivity index (χ0) is 37.3. The maximum atomic E-state index is 13.8. The molecule has 0 amide bonds. The Morgan fingerprint density at radius 2 is 1.04 bits per heavy atom. The van der Waals surface area contributed by atoms with Crippen LogP contribution in [0.5, 0.6) is 0 Å². The third-order valence-electron chi connectivity index (χ3n) is 8.50. The third-order valence-corrected chi connectivity index (χ3v) is 8.50. The fourth-order valence-corrected chi connectivity index (χ4v) is 5.56. The number of aromatic nitrogens is 2. The third kappa shape index (κ3) is 8.83. The molecule has 53 heavy (non-hydrogen) atoms. The first-order valence-electron chi connectivity index (χ1n) is 16.9. The van der Waals surface area contributed by atoms with Crippen LogP contribution in [0.25, 0.3) is 0 Å². The molecule has 2 heterocycles. The second-order valence-electron chi connectivity index (χ2n) is 12.5. The van der Waals surface area contributed by atoms with Gasteiger partial charge in [-0.1, -0.05) is 91.8 Å². The minimum Gasteiger partial charge on any atom is -0.459 e. The molecule has 1 aliphatic rings. The van der Waals surface area contributed by atoms with E-state index in [1.54, 1.807) is 97.1 Å². The topological polar surface area (TPSA) is 179 Å². The maximum Gasteiger partial charge on any atom is 0.338 e. The first kappa shape index (κ1) is 36.6. The Labute approximate surface area is 305 Å². The van der Waals surface area contributed by atoms with Gasteiger partial charge in [-0.05, 0) is 54.4 Å². The van der Waals surface area contributed by atoms with Gasteiger partial charge in [0.1, 0.15) is 12.7 Å². The van der Waals surface area contributed by atoms with E-state index in [0.29, 0.717) is 0 Å². The van der Waals surface area contributed by atoms with Crippen LogP contribution in [0.1, 0.15) is 79.1 Å². The highest BCUT2D eigenvalue weighted by Gasteiger charge is 2.55. The van der Waals surface area contributed by atoms with Crippen LogP contribution in [-0.4, -0.2) is 65.0 Å². The molecule has 2 N–H and O–H groups in total. The smallest absolute Gasteiger partial charge is 0.338 e. The van der Waals surface area contributed by atoms with Gasteiger partial charge in [-0.25, -0.2) is 19.2 Å². The molecule has 1 saturated heterocycles. The van der Waals surface area contributed by atoms with E-state index < -0.39 is 67.0 Å². The molecule has 13 nitrogen and oxygen atoms in total. The van der Waals surface area contributed by atoms with Gasteiger partial charge in [0.05, 0.1) is 28.3 Å². The molecule has 1 aromatic heterocycles. The Hall–Kier alpha value is -6.18. The zero-order valence-corrected chi connectivity index (χ0v) is 28.8. The second kappa shape index (κ2) is 16.9. The van der Waals surface area contributed by atoms with Crippen molar-refractivity contribution in [2.75, 3.05) is 6.61 Å². The van der Waals surface area contributed by atoms with Crippen molar-refractivity contribution in [1.82, 2.24) is 10.1 Å². The molecule has 1 fully saturated rings. The minimum absolute atomic E-state index is 0.0780. The number of nitrogens with zero attached hydrogens (tertiary/aromatic N) is 2. The molecule has 1 aliphatic heterocycles. The number of esters is 4. The number of benzene rings is 4. The van der Waals surface area contributed by atoms with Crippen molar-refractivity contribution in [3.05, 3.63) is 155 Å². The molecule has 6 rings (SSSR count). The van der Waals surface area contributed by atoms with E-state index >= 15 is 0 Å². The van der Waals surface area contributed by atoms with Gasteiger partial charge in [0.25, 0.3) is 0 Å². The average molecular weight is 720 g/mol. The molecule has 0 bridgehead atoms. The maximum absolute atomic E-state index is 13.8. The van der Waals surface area contributed by atoms with E-state index in [4.69, 9.17) is 33.9 Å². The van der Waals surface area contributed by atoms with E-state index in [9.17, 15) is 19.2 Å². The van der Waals surface area contributed by atoms with Gasteiger partial charge in [0.15, 0.2) is 24.4 Å². The normalized spacial score (nSPS) is 20.2. The highest BCUT2D eigenvalue weighted by atomic mass is 16.7. The number of rotatable bonds is 12. The summed E-state index contributed by atoms with van der Waals surface area (Å²) in [6.45, 7) is 3.25.